The summed E-state index contributed by atoms with van der Waals surface area (Å²) in [6, 6.07) is 7.98. The minimum Gasteiger partial charge on any atom is -0.373 e. The standard InChI is InChI=1S/C21H31N3O3/c1-15-11-23(18(4)25)9-10-24(15)21(26)20-7-5-19(6-8-20)14-22-12-16(2)27-17(3)13-22/h5-8,15-17H,9-14H2,1-4H3/t15-,16-,17+/m1/s1. The predicted molar refractivity (Wildman–Crippen MR) is 104 cm³/mol. The number of carbonyl (C=O) groups is 2. The van der Waals surface area contributed by atoms with Gasteiger partial charge in [0.05, 0.1) is 12.2 Å². The number of ether oxygens (including phenoxy) is 1. The summed E-state index contributed by atoms with van der Waals surface area (Å²) in [6.07, 6.45) is 0.509. The van der Waals surface area contributed by atoms with Crippen LogP contribution in [-0.4, -0.2) is 77.5 Å². The number of carbonyl (C=O) groups excluding carboxylic acids is 2. The summed E-state index contributed by atoms with van der Waals surface area (Å²) in [4.78, 5) is 30.5. The van der Waals surface area contributed by atoms with Crippen LogP contribution in [0.25, 0.3) is 0 Å². The van der Waals surface area contributed by atoms with E-state index >= 15 is 0 Å². The molecule has 0 saturated carbocycles. The fraction of sp³-hybridized carbons (Fsp3) is 0.619. The molecule has 0 aromatic heterocycles. The topological polar surface area (TPSA) is 53.1 Å². The molecule has 0 N–H and O–H groups in total. The van der Waals surface area contributed by atoms with E-state index in [-0.39, 0.29) is 30.1 Å². The number of amides is 2. The quantitative estimate of drug-likeness (QED) is 0.813. The molecule has 3 atom stereocenters. The lowest BCUT2D eigenvalue weighted by Crippen LogP contribution is -2.55. The van der Waals surface area contributed by atoms with Crippen LogP contribution in [0.5, 0.6) is 0 Å². The van der Waals surface area contributed by atoms with E-state index in [2.05, 4.69) is 30.9 Å². The number of benzene rings is 1. The summed E-state index contributed by atoms with van der Waals surface area (Å²) in [7, 11) is 0. The van der Waals surface area contributed by atoms with E-state index in [1.165, 1.54) is 5.56 Å². The number of morpholine rings is 1. The third kappa shape index (κ3) is 4.87. The average Bonchev–Trinajstić information content (AvgIpc) is 2.60. The first-order valence-corrected chi connectivity index (χ1v) is 9.86. The molecule has 1 aromatic carbocycles. The Balaban J connectivity index is 1.60. The lowest BCUT2D eigenvalue weighted by molar-refractivity contribution is -0.131. The Kier molecular flexibility index (Phi) is 6.17. The molecular weight excluding hydrogens is 342 g/mol. The van der Waals surface area contributed by atoms with Gasteiger partial charge in [-0.1, -0.05) is 12.1 Å². The maximum Gasteiger partial charge on any atom is 0.254 e. The van der Waals surface area contributed by atoms with E-state index in [1.807, 2.05) is 28.9 Å². The number of piperazine rings is 1. The maximum absolute atomic E-state index is 12.9. The van der Waals surface area contributed by atoms with Crippen molar-refractivity contribution in [3.8, 4) is 0 Å². The second-order valence-corrected chi connectivity index (χ2v) is 7.96. The molecule has 0 radical (unpaired) electrons. The average molecular weight is 373 g/mol. The molecule has 0 bridgehead atoms. The van der Waals surface area contributed by atoms with Crippen molar-refractivity contribution in [3.05, 3.63) is 35.4 Å². The molecule has 148 valence electrons. The Morgan fingerprint density at radius 3 is 2.19 bits per heavy atom. The number of rotatable bonds is 3. The number of hydrogen-bond donors (Lipinski definition) is 0. The SMILES string of the molecule is CC(=O)N1CCN(C(=O)c2ccc(CN3C[C@@H](C)O[C@@H](C)C3)cc2)[C@H](C)C1. The van der Waals surface area contributed by atoms with Crippen molar-refractivity contribution in [2.75, 3.05) is 32.7 Å². The molecule has 2 heterocycles. The molecule has 0 aliphatic carbocycles. The molecule has 2 aliphatic rings. The number of nitrogens with zero attached hydrogens (tertiary/aromatic N) is 3. The van der Waals surface area contributed by atoms with Gasteiger partial charge in [0, 0.05) is 57.8 Å². The van der Waals surface area contributed by atoms with Crippen LogP contribution in [0.4, 0.5) is 0 Å². The largest absolute Gasteiger partial charge is 0.373 e. The van der Waals surface area contributed by atoms with Gasteiger partial charge in [-0.2, -0.15) is 0 Å². The van der Waals surface area contributed by atoms with Gasteiger partial charge in [0.25, 0.3) is 5.91 Å². The highest BCUT2D eigenvalue weighted by atomic mass is 16.5. The zero-order chi connectivity index (χ0) is 19.6. The molecular formula is C21H31N3O3. The van der Waals surface area contributed by atoms with Crippen LogP contribution >= 0.6 is 0 Å². The zero-order valence-corrected chi connectivity index (χ0v) is 16.9. The van der Waals surface area contributed by atoms with E-state index in [9.17, 15) is 9.59 Å². The summed E-state index contributed by atoms with van der Waals surface area (Å²) in [5.74, 6) is 0.121. The molecule has 6 heteroatoms. The minimum atomic E-state index is 0.0335. The second kappa shape index (κ2) is 8.40. The van der Waals surface area contributed by atoms with Gasteiger partial charge >= 0.3 is 0 Å². The fourth-order valence-electron chi connectivity index (χ4n) is 4.14. The monoisotopic (exact) mass is 373 g/mol. The van der Waals surface area contributed by atoms with Crippen LogP contribution in [0.3, 0.4) is 0 Å². The van der Waals surface area contributed by atoms with Crippen molar-refractivity contribution in [1.82, 2.24) is 14.7 Å². The summed E-state index contributed by atoms with van der Waals surface area (Å²) in [5.41, 5.74) is 1.92. The maximum atomic E-state index is 12.9. The smallest absolute Gasteiger partial charge is 0.254 e. The van der Waals surface area contributed by atoms with Crippen LogP contribution in [-0.2, 0) is 16.1 Å². The predicted octanol–water partition coefficient (Wildman–Crippen LogP) is 1.99. The van der Waals surface area contributed by atoms with Gasteiger partial charge in [0.1, 0.15) is 0 Å². The van der Waals surface area contributed by atoms with Crippen molar-refractivity contribution in [2.24, 2.45) is 0 Å². The normalized spacial score (nSPS) is 26.9. The minimum absolute atomic E-state index is 0.0335. The third-order valence-corrected chi connectivity index (χ3v) is 5.44. The van der Waals surface area contributed by atoms with Crippen LogP contribution in [0.2, 0.25) is 0 Å². The molecule has 0 spiro atoms. The Bertz CT molecular complexity index is 666. The molecule has 2 fully saturated rings. The van der Waals surface area contributed by atoms with Gasteiger partial charge in [0.2, 0.25) is 5.91 Å². The van der Waals surface area contributed by atoms with Crippen molar-refractivity contribution >= 4 is 11.8 Å². The summed E-state index contributed by atoms with van der Waals surface area (Å²) in [5, 5.41) is 0. The van der Waals surface area contributed by atoms with Crippen molar-refractivity contribution in [1.29, 1.82) is 0 Å². The van der Waals surface area contributed by atoms with Gasteiger partial charge in [-0.05, 0) is 38.5 Å². The Morgan fingerprint density at radius 2 is 1.63 bits per heavy atom. The Hall–Kier alpha value is -1.92. The lowest BCUT2D eigenvalue weighted by Gasteiger charge is -2.39. The first-order valence-electron chi connectivity index (χ1n) is 9.86. The van der Waals surface area contributed by atoms with Crippen LogP contribution in [0.1, 0.15) is 43.6 Å². The van der Waals surface area contributed by atoms with E-state index < -0.39 is 0 Å². The highest BCUT2D eigenvalue weighted by Gasteiger charge is 2.29. The zero-order valence-electron chi connectivity index (χ0n) is 16.9. The highest BCUT2D eigenvalue weighted by molar-refractivity contribution is 5.94. The van der Waals surface area contributed by atoms with Crippen molar-refractivity contribution in [2.45, 2.75) is 52.5 Å². The molecule has 3 rings (SSSR count). The van der Waals surface area contributed by atoms with Gasteiger partial charge < -0.3 is 14.5 Å². The number of hydrogen-bond acceptors (Lipinski definition) is 4. The van der Waals surface area contributed by atoms with Crippen molar-refractivity contribution in [3.63, 3.8) is 0 Å². The van der Waals surface area contributed by atoms with E-state index in [0.717, 1.165) is 19.6 Å². The molecule has 0 unspecified atom stereocenters. The first kappa shape index (κ1) is 19.8. The van der Waals surface area contributed by atoms with Crippen molar-refractivity contribution < 1.29 is 14.3 Å². The van der Waals surface area contributed by atoms with Gasteiger partial charge in [0.15, 0.2) is 0 Å². The summed E-state index contributed by atoms with van der Waals surface area (Å²) < 4.78 is 5.79. The molecule has 2 saturated heterocycles. The molecule has 2 aliphatic heterocycles. The van der Waals surface area contributed by atoms with Crippen LogP contribution in [0, 0.1) is 0 Å². The van der Waals surface area contributed by atoms with Crippen LogP contribution in [0.15, 0.2) is 24.3 Å². The Morgan fingerprint density at radius 1 is 1.00 bits per heavy atom. The lowest BCUT2D eigenvalue weighted by atomic mass is 10.1. The summed E-state index contributed by atoms with van der Waals surface area (Å²) >= 11 is 0. The van der Waals surface area contributed by atoms with E-state index in [0.29, 0.717) is 25.2 Å². The third-order valence-electron chi connectivity index (χ3n) is 5.44. The Labute approximate surface area is 162 Å². The van der Waals surface area contributed by atoms with Gasteiger partial charge in [-0.25, -0.2) is 0 Å². The molecule has 6 nitrogen and oxygen atoms in total. The van der Waals surface area contributed by atoms with E-state index in [4.69, 9.17) is 4.74 Å². The highest BCUT2D eigenvalue weighted by Crippen LogP contribution is 2.17. The second-order valence-electron chi connectivity index (χ2n) is 7.96. The first-order chi connectivity index (χ1) is 12.8. The van der Waals surface area contributed by atoms with Crippen LogP contribution < -0.4 is 0 Å². The molecule has 1 aromatic rings. The molecule has 27 heavy (non-hydrogen) atoms. The van der Waals surface area contributed by atoms with Gasteiger partial charge in [-0.3, -0.25) is 14.5 Å². The fourth-order valence-corrected chi connectivity index (χ4v) is 4.14. The van der Waals surface area contributed by atoms with Gasteiger partial charge in [-0.15, -0.1) is 0 Å². The summed E-state index contributed by atoms with van der Waals surface area (Å²) in [6.45, 7) is 12.3. The molecule has 2 amide bonds. The van der Waals surface area contributed by atoms with E-state index in [1.54, 1.807) is 6.92 Å².